The number of ether oxygens (including phenoxy) is 2. The van der Waals surface area contributed by atoms with Gasteiger partial charge in [-0.1, -0.05) is 41.4 Å². The van der Waals surface area contributed by atoms with Gasteiger partial charge in [0, 0.05) is 11.1 Å². The van der Waals surface area contributed by atoms with E-state index < -0.39 is 11.7 Å². The van der Waals surface area contributed by atoms with Crippen molar-refractivity contribution in [2.24, 2.45) is 0 Å². The van der Waals surface area contributed by atoms with Crippen LogP contribution in [-0.4, -0.2) is 0 Å². The molecule has 0 fully saturated rings. The number of rotatable bonds is 5. The van der Waals surface area contributed by atoms with Gasteiger partial charge in [0.2, 0.25) is 0 Å². The minimum Gasteiger partial charge on any atom is -0.487 e. The Hall–Kier alpha value is -2.37. The molecule has 3 aromatic carbocycles. The second kappa shape index (κ2) is 8.11. The smallest absolute Gasteiger partial charge is 0.416 e. The quantitative estimate of drug-likeness (QED) is 0.434. The molecule has 0 radical (unpaired) electrons. The summed E-state index contributed by atoms with van der Waals surface area (Å²) < 4.78 is 49.0. The van der Waals surface area contributed by atoms with Crippen LogP contribution in [0.3, 0.4) is 0 Å². The molecule has 0 heterocycles. The average molecular weight is 413 g/mol. The Morgan fingerprint density at radius 3 is 2.15 bits per heavy atom. The number of hydrogen-bond donors (Lipinski definition) is 0. The Morgan fingerprint density at radius 2 is 1.52 bits per heavy atom. The second-order valence-electron chi connectivity index (χ2n) is 5.64. The lowest BCUT2D eigenvalue weighted by atomic mass is 10.1. The van der Waals surface area contributed by atoms with Gasteiger partial charge in [0.1, 0.15) is 23.9 Å². The van der Waals surface area contributed by atoms with Crippen molar-refractivity contribution in [1.29, 1.82) is 0 Å². The van der Waals surface area contributed by atoms with E-state index >= 15 is 0 Å². The molecule has 0 unspecified atom stereocenters. The second-order valence-corrected chi connectivity index (χ2v) is 6.48. The summed E-state index contributed by atoms with van der Waals surface area (Å²) in [6.07, 6.45) is -4.36. The highest BCUT2D eigenvalue weighted by atomic mass is 35.5. The maximum absolute atomic E-state index is 12.6. The molecule has 0 N–H and O–H groups in total. The van der Waals surface area contributed by atoms with Crippen molar-refractivity contribution >= 4 is 23.2 Å². The molecule has 0 spiro atoms. The normalized spacial score (nSPS) is 11.3. The predicted octanol–water partition coefficient (Wildman–Crippen LogP) is 7.38. The largest absolute Gasteiger partial charge is 0.487 e. The van der Waals surface area contributed by atoms with E-state index in [2.05, 4.69) is 0 Å². The lowest BCUT2D eigenvalue weighted by Gasteiger charge is -2.11. The zero-order valence-electron chi connectivity index (χ0n) is 13.8. The fourth-order valence-electron chi connectivity index (χ4n) is 2.28. The van der Waals surface area contributed by atoms with E-state index in [-0.39, 0.29) is 6.61 Å². The molecule has 2 nitrogen and oxygen atoms in total. The zero-order chi connectivity index (χ0) is 19.4. The molecule has 3 rings (SSSR count). The van der Waals surface area contributed by atoms with E-state index in [1.54, 1.807) is 42.5 Å². The summed E-state index contributed by atoms with van der Waals surface area (Å²) in [5.41, 5.74) is -0.106. The first-order valence-corrected chi connectivity index (χ1v) is 8.59. The van der Waals surface area contributed by atoms with E-state index in [1.165, 1.54) is 12.1 Å². The molecule has 0 aliphatic rings. The lowest BCUT2D eigenvalue weighted by Crippen LogP contribution is -2.05. The van der Waals surface area contributed by atoms with Crippen LogP contribution in [0.4, 0.5) is 13.2 Å². The van der Waals surface area contributed by atoms with Gasteiger partial charge in [0.05, 0.1) is 10.6 Å². The minimum atomic E-state index is -4.36. The maximum atomic E-state index is 12.6. The van der Waals surface area contributed by atoms with Crippen LogP contribution >= 0.6 is 23.2 Å². The van der Waals surface area contributed by atoms with Crippen LogP contribution in [0.2, 0.25) is 10.0 Å². The van der Waals surface area contributed by atoms with Gasteiger partial charge in [-0.3, -0.25) is 0 Å². The van der Waals surface area contributed by atoms with Gasteiger partial charge in [-0.05, 0) is 48.0 Å². The van der Waals surface area contributed by atoms with Crippen molar-refractivity contribution in [3.05, 3.63) is 87.9 Å². The topological polar surface area (TPSA) is 18.5 Å². The summed E-state index contributed by atoms with van der Waals surface area (Å²) in [7, 11) is 0. The Balaban J connectivity index is 1.64. The van der Waals surface area contributed by atoms with Gasteiger partial charge in [-0.25, -0.2) is 0 Å². The number of alkyl halides is 3. The monoisotopic (exact) mass is 412 g/mol. The van der Waals surface area contributed by atoms with Gasteiger partial charge in [0.15, 0.2) is 0 Å². The first-order chi connectivity index (χ1) is 12.8. The summed E-state index contributed by atoms with van der Waals surface area (Å²) in [5.74, 6) is 1.47. The third-order valence-electron chi connectivity index (χ3n) is 3.61. The van der Waals surface area contributed by atoms with Gasteiger partial charge in [-0.15, -0.1) is 0 Å². The molecule has 0 aliphatic heterocycles. The third kappa shape index (κ3) is 5.31. The molecule has 7 heteroatoms. The molecule has 27 heavy (non-hydrogen) atoms. The van der Waals surface area contributed by atoms with Gasteiger partial charge in [-0.2, -0.15) is 13.2 Å². The van der Waals surface area contributed by atoms with E-state index in [9.17, 15) is 13.2 Å². The van der Waals surface area contributed by atoms with Crippen molar-refractivity contribution in [2.45, 2.75) is 12.8 Å². The van der Waals surface area contributed by atoms with Crippen molar-refractivity contribution in [2.75, 3.05) is 0 Å². The van der Waals surface area contributed by atoms with Crippen LogP contribution in [-0.2, 0) is 12.8 Å². The highest BCUT2D eigenvalue weighted by Gasteiger charge is 2.29. The SMILES string of the molecule is FC(F)(F)c1ccc(COc2ccc(Oc3cccc(Cl)c3)cc2Cl)cc1. The minimum absolute atomic E-state index is 0.0896. The average Bonchev–Trinajstić information content (AvgIpc) is 2.61. The van der Waals surface area contributed by atoms with Crippen molar-refractivity contribution in [3.8, 4) is 17.2 Å². The van der Waals surface area contributed by atoms with Crippen LogP contribution < -0.4 is 9.47 Å². The summed E-state index contributed by atoms with van der Waals surface area (Å²) >= 11 is 12.1. The van der Waals surface area contributed by atoms with E-state index in [0.29, 0.717) is 32.9 Å². The summed E-state index contributed by atoms with van der Waals surface area (Å²) in [6.45, 7) is 0.0896. The fraction of sp³-hybridized carbons (Fsp3) is 0.100. The molecule has 3 aromatic rings. The maximum Gasteiger partial charge on any atom is 0.416 e. The van der Waals surface area contributed by atoms with Gasteiger partial charge in [0.25, 0.3) is 0 Å². The van der Waals surface area contributed by atoms with Crippen LogP contribution in [0.15, 0.2) is 66.7 Å². The van der Waals surface area contributed by atoms with Crippen molar-refractivity contribution < 1.29 is 22.6 Å². The summed E-state index contributed by atoms with van der Waals surface area (Å²) in [4.78, 5) is 0. The molecule has 0 aromatic heterocycles. The van der Waals surface area contributed by atoms with Gasteiger partial charge >= 0.3 is 6.18 Å². The van der Waals surface area contributed by atoms with Crippen LogP contribution in [0.25, 0.3) is 0 Å². The van der Waals surface area contributed by atoms with Crippen molar-refractivity contribution in [3.63, 3.8) is 0 Å². The van der Waals surface area contributed by atoms with E-state index in [1.807, 2.05) is 0 Å². The Labute approximate surface area is 164 Å². The lowest BCUT2D eigenvalue weighted by molar-refractivity contribution is -0.137. The number of halogens is 5. The highest BCUT2D eigenvalue weighted by molar-refractivity contribution is 6.32. The van der Waals surface area contributed by atoms with Gasteiger partial charge < -0.3 is 9.47 Å². The first-order valence-electron chi connectivity index (χ1n) is 7.83. The molecule has 0 atom stereocenters. The first kappa shape index (κ1) is 19.4. The van der Waals surface area contributed by atoms with E-state index in [4.69, 9.17) is 32.7 Å². The Bertz CT molecular complexity index is 925. The van der Waals surface area contributed by atoms with Crippen molar-refractivity contribution in [1.82, 2.24) is 0 Å². The Morgan fingerprint density at radius 1 is 0.815 bits per heavy atom. The molecule has 0 amide bonds. The molecular weight excluding hydrogens is 400 g/mol. The molecular formula is C20H13Cl2F3O2. The third-order valence-corrected chi connectivity index (χ3v) is 4.14. The number of hydrogen-bond acceptors (Lipinski definition) is 2. The molecule has 0 saturated heterocycles. The zero-order valence-corrected chi connectivity index (χ0v) is 15.3. The molecule has 0 bridgehead atoms. The number of benzene rings is 3. The highest BCUT2D eigenvalue weighted by Crippen LogP contribution is 2.33. The molecule has 140 valence electrons. The Kier molecular flexibility index (Phi) is 5.82. The standard InChI is InChI=1S/C20H13Cl2F3O2/c21-15-2-1-3-16(10-15)27-17-8-9-19(18(22)11-17)26-12-13-4-6-14(7-5-13)20(23,24)25/h1-11H,12H2. The van der Waals surface area contributed by atoms with E-state index in [0.717, 1.165) is 12.1 Å². The van der Waals surface area contributed by atoms with Crippen LogP contribution in [0.1, 0.15) is 11.1 Å². The summed E-state index contributed by atoms with van der Waals surface area (Å²) in [6, 6.07) is 16.6. The van der Waals surface area contributed by atoms with Crippen LogP contribution in [0.5, 0.6) is 17.2 Å². The fourth-order valence-corrected chi connectivity index (χ4v) is 2.69. The molecule has 0 aliphatic carbocycles. The summed E-state index contributed by atoms with van der Waals surface area (Å²) in [5, 5.41) is 0.872. The predicted molar refractivity (Wildman–Crippen MR) is 98.8 cm³/mol. The van der Waals surface area contributed by atoms with Crippen LogP contribution in [0, 0.1) is 0 Å². The molecule has 0 saturated carbocycles.